The van der Waals surface area contributed by atoms with E-state index < -0.39 is 11.8 Å². The molecule has 0 fully saturated rings. The van der Waals surface area contributed by atoms with Crippen LogP contribution in [0, 0.1) is 12.7 Å². The smallest absolute Gasteiger partial charge is 0.307 e. The van der Waals surface area contributed by atoms with Crippen LogP contribution in [-0.2, 0) is 30.7 Å². The van der Waals surface area contributed by atoms with Gasteiger partial charge in [-0.05, 0) is 24.1 Å². The number of benzene rings is 2. The first-order valence-electron chi connectivity index (χ1n) is 9.41. The number of carboxylic acid groups (broad SMARTS) is 1. The van der Waals surface area contributed by atoms with E-state index in [2.05, 4.69) is 29.2 Å². The summed E-state index contributed by atoms with van der Waals surface area (Å²) < 4.78 is 20.0. The SMILES string of the molecule is Cc1sc(N2Cc3ccccc3C2)nc1CCOc1cccc(CC(=O)O)c1F. The van der Waals surface area contributed by atoms with Gasteiger partial charge in [-0.3, -0.25) is 4.79 Å². The first-order chi connectivity index (χ1) is 14.0. The highest BCUT2D eigenvalue weighted by atomic mass is 32.1. The highest BCUT2D eigenvalue weighted by Crippen LogP contribution is 2.33. The number of halogens is 1. The Morgan fingerprint density at radius 2 is 1.93 bits per heavy atom. The van der Waals surface area contributed by atoms with Gasteiger partial charge in [-0.2, -0.15) is 0 Å². The minimum atomic E-state index is -1.07. The number of aryl methyl sites for hydroxylation is 1. The third-order valence-corrected chi connectivity index (χ3v) is 6.05. The maximum atomic E-state index is 14.4. The Hall–Kier alpha value is -2.93. The zero-order valence-corrected chi connectivity index (χ0v) is 16.8. The van der Waals surface area contributed by atoms with Gasteiger partial charge >= 0.3 is 5.97 Å². The van der Waals surface area contributed by atoms with Crippen molar-refractivity contribution in [3.63, 3.8) is 0 Å². The maximum absolute atomic E-state index is 14.4. The molecule has 0 saturated heterocycles. The topological polar surface area (TPSA) is 62.7 Å². The summed E-state index contributed by atoms with van der Waals surface area (Å²) >= 11 is 1.66. The fraction of sp³-hybridized carbons (Fsp3) is 0.273. The molecule has 0 bridgehead atoms. The van der Waals surface area contributed by atoms with Crippen LogP contribution in [0.2, 0.25) is 0 Å². The van der Waals surface area contributed by atoms with Crippen molar-refractivity contribution in [3.8, 4) is 5.75 Å². The number of hydrogen-bond acceptors (Lipinski definition) is 5. The number of anilines is 1. The van der Waals surface area contributed by atoms with Crippen LogP contribution < -0.4 is 9.64 Å². The molecular formula is C22H21FN2O3S. The van der Waals surface area contributed by atoms with Crippen LogP contribution in [0.25, 0.3) is 0 Å². The Bertz CT molecular complexity index is 1030. The van der Waals surface area contributed by atoms with Gasteiger partial charge in [0, 0.05) is 30.0 Å². The molecule has 2 aromatic carbocycles. The number of fused-ring (bicyclic) bond motifs is 1. The van der Waals surface area contributed by atoms with Crippen molar-refractivity contribution in [2.45, 2.75) is 32.9 Å². The summed E-state index contributed by atoms with van der Waals surface area (Å²) in [4.78, 5) is 19.0. The molecule has 1 aliphatic rings. The Morgan fingerprint density at radius 1 is 1.21 bits per heavy atom. The van der Waals surface area contributed by atoms with Crippen molar-refractivity contribution >= 4 is 22.4 Å². The monoisotopic (exact) mass is 412 g/mol. The van der Waals surface area contributed by atoms with Crippen LogP contribution in [0.4, 0.5) is 9.52 Å². The molecule has 0 radical (unpaired) electrons. The second kappa shape index (κ2) is 8.21. The molecule has 4 rings (SSSR count). The predicted octanol–water partition coefficient (Wildman–Crippen LogP) is 4.36. The summed E-state index contributed by atoms with van der Waals surface area (Å²) in [6.45, 7) is 4.03. The second-order valence-electron chi connectivity index (χ2n) is 7.02. The summed E-state index contributed by atoms with van der Waals surface area (Å²) in [5.74, 6) is -1.61. The van der Waals surface area contributed by atoms with Crippen LogP contribution in [0.3, 0.4) is 0 Å². The van der Waals surface area contributed by atoms with E-state index in [-0.39, 0.29) is 24.3 Å². The summed E-state index contributed by atoms with van der Waals surface area (Å²) in [5, 5.41) is 9.86. The number of carboxylic acids is 1. The summed E-state index contributed by atoms with van der Waals surface area (Å²) in [5.41, 5.74) is 3.74. The largest absolute Gasteiger partial charge is 0.490 e. The van der Waals surface area contributed by atoms with E-state index in [9.17, 15) is 9.18 Å². The summed E-state index contributed by atoms with van der Waals surface area (Å²) in [6.07, 6.45) is 0.196. The minimum absolute atomic E-state index is 0.0758. The molecule has 0 atom stereocenters. The number of aliphatic carboxylic acids is 1. The van der Waals surface area contributed by atoms with Crippen molar-refractivity contribution in [3.05, 3.63) is 75.5 Å². The second-order valence-corrected chi connectivity index (χ2v) is 8.20. The predicted molar refractivity (Wildman–Crippen MR) is 110 cm³/mol. The van der Waals surface area contributed by atoms with Crippen molar-refractivity contribution < 1.29 is 19.0 Å². The van der Waals surface area contributed by atoms with Gasteiger partial charge in [-0.15, -0.1) is 11.3 Å². The van der Waals surface area contributed by atoms with Gasteiger partial charge in [0.25, 0.3) is 0 Å². The highest BCUT2D eigenvalue weighted by molar-refractivity contribution is 7.15. The first kappa shape index (κ1) is 19.4. The lowest BCUT2D eigenvalue weighted by Gasteiger charge is -2.13. The van der Waals surface area contributed by atoms with Crippen LogP contribution in [0.15, 0.2) is 42.5 Å². The molecule has 1 N–H and O–H groups in total. The Kier molecular flexibility index (Phi) is 5.49. The van der Waals surface area contributed by atoms with Gasteiger partial charge in [-0.25, -0.2) is 9.37 Å². The average Bonchev–Trinajstić information content (AvgIpc) is 3.28. The lowest BCUT2D eigenvalue weighted by Crippen LogP contribution is -2.14. The van der Waals surface area contributed by atoms with Crippen LogP contribution >= 0.6 is 11.3 Å². The molecule has 0 spiro atoms. The van der Waals surface area contributed by atoms with E-state index in [1.807, 2.05) is 6.92 Å². The van der Waals surface area contributed by atoms with E-state index in [0.717, 1.165) is 28.8 Å². The molecule has 0 aliphatic carbocycles. The molecule has 0 amide bonds. The average molecular weight is 412 g/mol. The van der Waals surface area contributed by atoms with E-state index in [0.29, 0.717) is 6.42 Å². The normalized spacial score (nSPS) is 12.8. The van der Waals surface area contributed by atoms with E-state index >= 15 is 0 Å². The summed E-state index contributed by atoms with van der Waals surface area (Å²) in [7, 11) is 0. The zero-order chi connectivity index (χ0) is 20.4. The highest BCUT2D eigenvalue weighted by Gasteiger charge is 2.22. The number of carbonyl (C=O) groups is 1. The lowest BCUT2D eigenvalue weighted by molar-refractivity contribution is -0.136. The number of ether oxygens (including phenoxy) is 1. The van der Waals surface area contributed by atoms with Gasteiger partial charge in [0.15, 0.2) is 16.7 Å². The molecule has 1 aromatic heterocycles. The molecule has 1 aliphatic heterocycles. The third kappa shape index (κ3) is 4.24. The zero-order valence-electron chi connectivity index (χ0n) is 16.0. The molecule has 0 saturated carbocycles. The van der Waals surface area contributed by atoms with Gasteiger partial charge in [0.1, 0.15) is 0 Å². The molecule has 7 heteroatoms. The van der Waals surface area contributed by atoms with Crippen molar-refractivity contribution in [1.82, 2.24) is 4.98 Å². The first-order valence-corrected chi connectivity index (χ1v) is 10.2. The summed E-state index contributed by atoms with van der Waals surface area (Å²) in [6, 6.07) is 13.0. The Balaban J connectivity index is 1.39. The maximum Gasteiger partial charge on any atom is 0.307 e. The Morgan fingerprint density at radius 3 is 2.62 bits per heavy atom. The van der Waals surface area contributed by atoms with Crippen molar-refractivity contribution in [1.29, 1.82) is 0 Å². The Labute approximate surface area is 172 Å². The van der Waals surface area contributed by atoms with Crippen molar-refractivity contribution in [2.24, 2.45) is 0 Å². The van der Waals surface area contributed by atoms with Gasteiger partial charge < -0.3 is 14.7 Å². The molecule has 29 heavy (non-hydrogen) atoms. The van der Waals surface area contributed by atoms with Crippen molar-refractivity contribution in [2.75, 3.05) is 11.5 Å². The quantitative estimate of drug-likeness (QED) is 0.625. The van der Waals surface area contributed by atoms with Gasteiger partial charge in [0.2, 0.25) is 0 Å². The van der Waals surface area contributed by atoms with Gasteiger partial charge in [-0.1, -0.05) is 36.4 Å². The molecule has 0 unspecified atom stereocenters. The molecular weight excluding hydrogens is 391 g/mol. The number of thiazole rings is 1. The van der Waals surface area contributed by atoms with E-state index in [1.54, 1.807) is 17.4 Å². The number of nitrogens with zero attached hydrogens (tertiary/aromatic N) is 2. The number of rotatable bonds is 7. The van der Waals surface area contributed by atoms with E-state index in [4.69, 9.17) is 14.8 Å². The lowest BCUT2D eigenvalue weighted by atomic mass is 10.1. The van der Waals surface area contributed by atoms with Gasteiger partial charge in [0.05, 0.1) is 18.7 Å². The fourth-order valence-corrected chi connectivity index (χ4v) is 4.43. The molecule has 3 aromatic rings. The van der Waals surface area contributed by atoms with Crippen LogP contribution in [-0.4, -0.2) is 22.7 Å². The number of hydrogen-bond donors (Lipinski definition) is 1. The number of aromatic nitrogens is 1. The third-order valence-electron chi connectivity index (χ3n) is 4.97. The molecule has 150 valence electrons. The van der Waals surface area contributed by atoms with E-state index in [1.165, 1.54) is 23.3 Å². The standard InChI is InChI=1S/C22H21FN2O3S/c1-14-18(9-10-28-19-8-4-7-15(21(19)23)11-20(26)27)24-22(29-14)25-12-16-5-2-3-6-17(16)13-25/h2-8H,9-13H2,1H3,(H,26,27). The molecule has 2 heterocycles. The van der Waals surface area contributed by atoms with Crippen LogP contribution in [0.5, 0.6) is 5.75 Å². The fourth-order valence-electron chi connectivity index (χ4n) is 3.47. The minimum Gasteiger partial charge on any atom is -0.490 e. The van der Waals surface area contributed by atoms with Crippen LogP contribution in [0.1, 0.15) is 27.3 Å². The molecule has 5 nitrogen and oxygen atoms in total.